The summed E-state index contributed by atoms with van der Waals surface area (Å²) in [5, 5.41) is 14.4. The third kappa shape index (κ3) is 2.69. The van der Waals surface area contributed by atoms with Crippen molar-refractivity contribution in [3.8, 4) is 0 Å². The fraction of sp³-hybridized carbons (Fsp3) is 0.133. The summed E-state index contributed by atoms with van der Waals surface area (Å²) in [4.78, 5) is 16.7. The molecule has 2 aromatic heterocycles. The van der Waals surface area contributed by atoms with Gasteiger partial charge in [-0.2, -0.15) is 5.10 Å². The van der Waals surface area contributed by atoms with Crippen molar-refractivity contribution in [2.24, 2.45) is 0 Å². The number of carbonyl (C=O) groups is 1. The van der Waals surface area contributed by atoms with Crippen LogP contribution in [0.2, 0.25) is 0 Å². The molecule has 1 aromatic carbocycles. The first-order valence-corrected chi connectivity index (χ1v) is 6.71. The molecule has 1 amide bonds. The zero-order valence-corrected chi connectivity index (χ0v) is 11.6. The lowest BCUT2D eigenvalue weighted by atomic mass is 10.1. The number of carbonyl (C=O) groups excluding carboxylic acids is 1. The van der Waals surface area contributed by atoms with Gasteiger partial charge in [-0.25, -0.2) is 4.98 Å². The van der Waals surface area contributed by atoms with E-state index in [-0.39, 0.29) is 5.91 Å². The lowest BCUT2D eigenvalue weighted by molar-refractivity contribution is 0.102. The van der Waals surface area contributed by atoms with Crippen LogP contribution in [0.5, 0.6) is 0 Å². The van der Waals surface area contributed by atoms with Crippen LogP contribution in [0.3, 0.4) is 0 Å². The van der Waals surface area contributed by atoms with Crippen LogP contribution in [-0.4, -0.2) is 27.6 Å². The summed E-state index contributed by atoms with van der Waals surface area (Å²) in [6.07, 6.45) is 3.16. The summed E-state index contributed by atoms with van der Waals surface area (Å²) in [7, 11) is 0. The first kappa shape index (κ1) is 13.1. The lowest BCUT2D eigenvalue weighted by Gasteiger charge is -2.10. The van der Waals surface area contributed by atoms with E-state index < -0.39 is 0 Å². The van der Waals surface area contributed by atoms with Crippen molar-refractivity contribution < 1.29 is 4.79 Å². The zero-order valence-electron chi connectivity index (χ0n) is 11.6. The predicted octanol–water partition coefficient (Wildman–Crippen LogP) is 2.64. The second-order valence-electron chi connectivity index (χ2n) is 4.55. The number of fused-ring (bicyclic) bond motifs is 1. The molecule has 0 aliphatic carbocycles. The largest absolute Gasteiger partial charge is 0.370 e. The Morgan fingerprint density at radius 3 is 2.95 bits per heavy atom. The number of rotatable bonds is 4. The summed E-state index contributed by atoms with van der Waals surface area (Å²) < 4.78 is 0. The molecule has 3 N–H and O–H groups in total. The van der Waals surface area contributed by atoms with Gasteiger partial charge in [0.25, 0.3) is 5.91 Å². The van der Waals surface area contributed by atoms with Crippen molar-refractivity contribution in [3.05, 3.63) is 48.4 Å². The summed E-state index contributed by atoms with van der Waals surface area (Å²) in [6.45, 7) is 2.73. The van der Waals surface area contributed by atoms with E-state index in [0.29, 0.717) is 17.2 Å². The number of hydrogen-bond acceptors (Lipinski definition) is 4. The Kier molecular flexibility index (Phi) is 3.51. The first-order valence-electron chi connectivity index (χ1n) is 6.71. The molecule has 0 unspecified atom stereocenters. The fourth-order valence-electron chi connectivity index (χ4n) is 2.13. The van der Waals surface area contributed by atoms with E-state index in [9.17, 15) is 4.79 Å². The number of benzene rings is 1. The van der Waals surface area contributed by atoms with Crippen LogP contribution >= 0.6 is 0 Å². The van der Waals surface area contributed by atoms with Crippen molar-refractivity contribution in [3.63, 3.8) is 0 Å². The first-order chi connectivity index (χ1) is 10.3. The smallest absolute Gasteiger partial charge is 0.274 e. The van der Waals surface area contributed by atoms with Gasteiger partial charge < -0.3 is 10.6 Å². The van der Waals surface area contributed by atoms with Gasteiger partial charge in [-0.15, -0.1) is 0 Å². The number of H-pyrrole nitrogens is 1. The highest BCUT2D eigenvalue weighted by Gasteiger charge is 2.12. The highest BCUT2D eigenvalue weighted by atomic mass is 16.1. The number of amides is 1. The maximum absolute atomic E-state index is 12.3. The molecule has 6 nitrogen and oxygen atoms in total. The van der Waals surface area contributed by atoms with Gasteiger partial charge in [0, 0.05) is 18.1 Å². The zero-order chi connectivity index (χ0) is 14.7. The van der Waals surface area contributed by atoms with Gasteiger partial charge in [0.15, 0.2) is 0 Å². The summed E-state index contributed by atoms with van der Waals surface area (Å²) in [5.74, 6) is 0.453. The second-order valence-corrected chi connectivity index (χ2v) is 4.55. The molecule has 0 atom stereocenters. The minimum atomic E-state index is -0.263. The molecule has 2 heterocycles. The number of hydrogen-bond donors (Lipinski definition) is 3. The quantitative estimate of drug-likeness (QED) is 0.686. The van der Waals surface area contributed by atoms with Gasteiger partial charge in [-0.05, 0) is 18.4 Å². The minimum Gasteiger partial charge on any atom is -0.370 e. The van der Waals surface area contributed by atoms with Gasteiger partial charge in [0.1, 0.15) is 11.5 Å². The summed E-state index contributed by atoms with van der Waals surface area (Å²) >= 11 is 0. The molecule has 0 saturated carbocycles. The average Bonchev–Trinajstić information content (AvgIpc) is 3.00. The highest BCUT2D eigenvalue weighted by Crippen LogP contribution is 2.22. The van der Waals surface area contributed by atoms with Crippen molar-refractivity contribution in [1.82, 2.24) is 15.2 Å². The molecule has 6 heteroatoms. The van der Waals surface area contributed by atoms with E-state index in [0.717, 1.165) is 17.3 Å². The molecule has 0 aliphatic rings. The SMILES string of the molecule is CCNc1nc(C(=O)Nc2cn[nH]c2)cc2ccccc12. The van der Waals surface area contributed by atoms with Crippen molar-refractivity contribution in [2.75, 3.05) is 17.2 Å². The molecule has 0 spiro atoms. The van der Waals surface area contributed by atoms with Crippen LogP contribution in [-0.2, 0) is 0 Å². The topological polar surface area (TPSA) is 82.7 Å². The van der Waals surface area contributed by atoms with Gasteiger partial charge in [0.2, 0.25) is 0 Å². The average molecular weight is 281 g/mol. The van der Waals surface area contributed by atoms with E-state index in [1.165, 1.54) is 0 Å². The summed E-state index contributed by atoms with van der Waals surface area (Å²) in [5.41, 5.74) is 0.978. The van der Waals surface area contributed by atoms with Crippen LogP contribution in [0, 0.1) is 0 Å². The molecule has 0 bridgehead atoms. The van der Waals surface area contributed by atoms with Gasteiger partial charge >= 0.3 is 0 Å². The molecule has 0 saturated heterocycles. The van der Waals surface area contributed by atoms with E-state index in [2.05, 4.69) is 25.8 Å². The molecule has 0 radical (unpaired) electrons. The van der Waals surface area contributed by atoms with Gasteiger partial charge in [0.05, 0.1) is 11.9 Å². The van der Waals surface area contributed by atoms with Crippen molar-refractivity contribution >= 4 is 28.2 Å². The van der Waals surface area contributed by atoms with Crippen LogP contribution in [0.4, 0.5) is 11.5 Å². The predicted molar refractivity (Wildman–Crippen MR) is 82.4 cm³/mol. The van der Waals surface area contributed by atoms with Crippen LogP contribution < -0.4 is 10.6 Å². The number of anilines is 2. The van der Waals surface area contributed by atoms with E-state index in [1.54, 1.807) is 18.5 Å². The van der Waals surface area contributed by atoms with E-state index >= 15 is 0 Å². The molecule has 3 aromatic rings. The molecule has 0 fully saturated rings. The Morgan fingerprint density at radius 1 is 1.33 bits per heavy atom. The van der Waals surface area contributed by atoms with Gasteiger partial charge in [-0.3, -0.25) is 9.89 Å². The lowest BCUT2D eigenvalue weighted by Crippen LogP contribution is -2.14. The molecule has 3 rings (SSSR count). The Labute approximate surface area is 121 Å². The fourth-order valence-corrected chi connectivity index (χ4v) is 2.13. The van der Waals surface area contributed by atoms with Crippen LogP contribution in [0.15, 0.2) is 42.7 Å². The van der Waals surface area contributed by atoms with Crippen molar-refractivity contribution in [1.29, 1.82) is 0 Å². The monoisotopic (exact) mass is 281 g/mol. The standard InChI is InChI=1S/C15H15N5O/c1-2-16-14-12-6-4-3-5-10(12)7-13(20-14)15(21)19-11-8-17-18-9-11/h3-9H,2H2,1H3,(H,16,20)(H,17,18)(H,19,21). The van der Waals surface area contributed by atoms with Crippen molar-refractivity contribution in [2.45, 2.75) is 6.92 Å². The number of aromatic amines is 1. The Morgan fingerprint density at radius 2 is 2.19 bits per heavy atom. The minimum absolute atomic E-state index is 0.263. The number of nitrogens with one attached hydrogen (secondary N) is 3. The Hall–Kier alpha value is -2.89. The second kappa shape index (κ2) is 5.62. The molecule has 106 valence electrons. The van der Waals surface area contributed by atoms with E-state index in [1.807, 2.05) is 31.2 Å². The maximum atomic E-state index is 12.3. The number of pyridine rings is 1. The Bertz CT molecular complexity index is 767. The normalized spacial score (nSPS) is 10.5. The highest BCUT2D eigenvalue weighted by molar-refractivity contribution is 6.06. The van der Waals surface area contributed by atoms with Gasteiger partial charge in [-0.1, -0.05) is 24.3 Å². The molecule has 0 aliphatic heterocycles. The molecular weight excluding hydrogens is 266 g/mol. The third-order valence-corrected chi connectivity index (χ3v) is 3.07. The summed E-state index contributed by atoms with van der Waals surface area (Å²) in [6, 6.07) is 9.63. The molecular formula is C15H15N5O. The maximum Gasteiger partial charge on any atom is 0.274 e. The third-order valence-electron chi connectivity index (χ3n) is 3.07. The van der Waals surface area contributed by atoms with Crippen LogP contribution in [0.1, 0.15) is 17.4 Å². The van der Waals surface area contributed by atoms with E-state index in [4.69, 9.17) is 0 Å². The Balaban J connectivity index is 2.00. The number of nitrogens with zero attached hydrogens (tertiary/aromatic N) is 2. The number of aromatic nitrogens is 3. The van der Waals surface area contributed by atoms with Crippen LogP contribution in [0.25, 0.3) is 10.8 Å². The molecule has 21 heavy (non-hydrogen) atoms.